The molecule has 0 atom stereocenters. The second-order valence-electron chi connectivity index (χ2n) is 4.98. The van der Waals surface area contributed by atoms with Crippen molar-refractivity contribution >= 4 is 5.82 Å². The summed E-state index contributed by atoms with van der Waals surface area (Å²) in [6.07, 6.45) is 6.07. The van der Waals surface area contributed by atoms with Gasteiger partial charge in [-0.1, -0.05) is 13.0 Å². The van der Waals surface area contributed by atoms with Gasteiger partial charge in [0, 0.05) is 26.3 Å². The molecule has 1 heterocycles. The molecule has 3 heteroatoms. The van der Waals surface area contributed by atoms with Gasteiger partial charge >= 0.3 is 0 Å². The van der Waals surface area contributed by atoms with Crippen molar-refractivity contribution in [2.45, 2.75) is 32.7 Å². The predicted molar refractivity (Wildman–Crippen MR) is 72.1 cm³/mol. The maximum Gasteiger partial charge on any atom is 0.125 e. The van der Waals surface area contributed by atoms with E-state index in [9.17, 15) is 0 Å². The van der Waals surface area contributed by atoms with Gasteiger partial charge in [0.1, 0.15) is 5.82 Å². The summed E-state index contributed by atoms with van der Waals surface area (Å²) in [5, 5.41) is 3.05. The van der Waals surface area contributed by atoms with Gasteiger partial charge in [-0.2, -0.15) is 0 Å². The van der Waals surface area contributed by atoms with E-state index in [2.05, 4.69) is 34.3 Å². The second kappa shape index (κ2) is 6.01. The summed E-state index contributed by atoms with van der Waals surface area (Å²) in [4.78, 5) is 6.93. The van der Waals surface area contributed by atoms with Crippen molar-refractivity contribution in [3.63, 3.8) is 0 Å². The molecule has 17 heavy (non-hydrogen) atoms. The van der Waals surface area contributed by atoms with Crippen LogP contribution in [0.2, 0.25) is 0 Å². The molecule has 1 aromatic rings. The van der Waals surface area contributed by atoms with Crippen LogP contribution in [-0.2, 0) is 6.54 Å². The lowest BCUT2D eigenvalue weighted by atomic mass is 10.2. The number of hydrogen-bond acceptors (Lipinski definition) is 3. The molecule has 1 fully saturated rings. The Balaban J connectivity index is 1.90. The average molecular weight is 233 g/mol. The molecule has 0 amide bonds. The second-order valence-corrected chi connectivity index (χ2v) is 4.98. The van der Waals surface area contributed by atoms with Crippen molar-refractivity contribution < 1.29 is 0 Å². The molecule has 0 aliphatic heterocycles. The molecule has 0 aromatic carbocycles. The lowest BCUT2D eigenvalue weighted by Crippen LogP contribution is -2.26. The Morgan fingerprint density at radius 2 is 2.24 bits per heavy atom. The minimum Gasteiger partial charge on any atom is -0.373 e. The highest BCUT2D eigenvalue weighted by atomic mass is 15.1. The predicted octanol–water partition coefficient (Wildman–Crippen LogP) is 2.75. The molecule has 1 aliphatic carbocycles. The van der Waals surface area contributed by atoms with Crippen LogP contribution < -0.4 is 5.32 Å². The summed E-state index contributed by atoms with van der Waals surface area (Å²) < 4.78 is 0. The summed E-state index contributed by atoms with van der Waals surface area (Å²) in [7, 11) is 1.90. The summed E-state index contributed by atoms with van der Waals surface area (Å²) in [6, 6.07) is 4.23. The molecule has 0 spiro atoms. The minimum atomic E-state index is 0.943. The van der Waals surface area contributed by atoms with E-state index in [0.29, 0.717) is 0 Å². The zero-order valence-electron chi connectivity index (χ0n) is 10.9. The van der Waals surface area contributed by atoms with Gasteiger partial charge in [0.2, 0.25) is 0 Å². The van der Waals surface area contributed by atoms with E-state index in [0.717, 1.165) is 18.3 Å². The Morgan fingerprint density at radius 3 is 2.76 bits per heavy atom. The zero-order valence-corrected chi connectivity index (χ0v) is 10.9. The first kappa shape index (κ1) is 12.4. The van der Waals surface area contributed by atoms with Crippen molar-refractivity contribution in [2.75, 3.05) is 25.5 Å². The molecule has 3 nitrogen and oxygen atoms in total. The van der Waals surface area contributed by atoms with Crippen LogP contribution in [0, 0.1) is 5.92 Å². The quantitative estimate of drug-likeness (QED) is 0.785. The maximum absolute atomic E-state index is 4.37. The number of rotatable bonds is 7. The number of pyridine rings is 1. The standard InChI is InChI=1S/C14H23N3/c1-3-8-17(10-12-4-5-12)11-13-6-7-14(15-2)16-9-13/h6-7,9,12H,3-5,8,10-11H2,1-2H3,(H,15,16). The smallest absolute Gasteiger partial charge is 0.125 e. The van der Waals surface area contributed by atoms with E-state index in [1.165, 1.54) is 37.9 Å². The van der Waals surface area contributed by atoms with E-state index in [1.54, 1.807) is 0 Å². The Labute approximate surface area is 104 Å². The number of nitrogens with zero attached hydrogens (tertiary/aromatic N) is 2. The summed E-state index contributed by atoms with van der Waals surface area (Å²) in [6.45, 7) is 5.76. The number of aromatic nitrogens is 1. The van der Waals surface area contributed by atoms with Crippen LogP contribution in [0.25, 0.3) is 0 Å². The Kier molecular flexibility index (Phi) is 4.37. The molecular weight excluding hydrogens is 210 g/mol. The molecule has 0 radical (unpaired) electrons. The van der Waals surface area contributed by atoms with Gasteiger partial charge in [0.05, 0.1) is 0 Å². The molecule has 94 valence electrons. The monoisotopic (exact) mass is 233 g/mol. The first-order chi connectivity index (χ1) is 8.31. The highest BCUT2D eigenvalue weighted by molar-refractivity contribution is 5.34. The largest absolute Gasteiger partial charge is 0.373 e. The van der Waals surface area contributed by atoms with Crippen LogP contribution in [0.3, 0.4) is 0 Å². The minimum absolute atomic E-state index is 0.943. The number of hydrogen-bond donors (Lipinski definition) is 1. The van der Waals surface area contributed by atoms with Gasteiger partial charge in [-0.3, -0.25) is 4.90 Å². The summed E-state index contributed by atoms with van der Waals surface area (Å²) in [5.74, 6) is 1.91. The summed E-state index contributed by atoms with van der Waals surface area (Å²) in [5.41, 5.74) is 1.32. The van der Waals surface area contributed by atoms with Crippen LogP contribution in [0.1, 0.15) is 31.7 Å². The van der Waals surface area contributed by atoms with E-state index < -0.39 is 0 Å². The Morgan fingerprint density at radius 1 is 1.41 bits per heavy atom. The molecule has 1 N–H and O–H groups in total. The van der Waals surface area contributed by atoms with Crippen molar-refractivity contribution in [3.8, 4) is 0 Å². The van der Waals surface area contributed by atoms with Crippen LogP contribution in [-0.4, -0.2) is 30.0 Å². The van der Waals surface area contributed by atoms with Crippen molar-refractivity contribution in [3.05, 3.63) is 23.9 Å². The Bertz CT molecular complexity index is 330. The SMILES string of the molecule is CCCN(Cc1ccc(NC)nc1)CC1CC1. The summed E-state index contributed by atoms with van der Waals surface area (Å²) >= 11 is 0. The molecular formula is C14H23N3. The van der Waals surface area contributed by atoms with Gasteiger partial charge in [0.25, 0.3) is 0 Å². The van der Waals surface area contributed by atoms with E-state index in [1.807, 2.05) is 13.2 Å². The number of anilines is 1. The van der Waals surface area contributed by atoms with Gasteiger partial charge in [0.15, 0.2) is 0 Å². The number of nitrogens with one attached hydrogen (secondary N) is 1. The molecule has 0 unspecified atom stereocenters. The normalized spacial score (nSPS) is 15.2. The molecule has 1 saturated carbocycles. The van der Waals surface area contributed by atoms with Crippen LogP contribution >= 0.6 is 0 Å². The van der Waals surface area contributed by atoms with Crippen LogP contribution in [0.5, 0.6) is 0 Å². The molecule has 0 bridgehead atoms. The van der Waals surface area contributed by atoms with Gasteiger partial charge < -0.3 is 5.32 Å². The topological polar surface area (TPSA) is 28.2 Å². The van der Waals surface area contributed by atoms with Gasteiger partial charge in [-0.15, -0.1) is 0 Å². The average Bonchev–Trinajstić information content (AvgIpc) is 3.14. The highest BCUT2D eigenvalue weighted by Crippen LogP contribution is 2.30. The third kappa shape index (κ3) is 4.00. The van der Waals surface area contributed by atoms with Crippen LogP contribution in [0.15, 0.2) is 18.3 Å². The molecule has 1 aromatic heterocycles. The lowest BCUT2D eigenvalue weighted by molar-refractivity contribution is 0.255. The van der Waals surface area contributed by atoms with Crippen molar-refractivity contribution in [1.82, 2.24) is 9.88 Å². The molecule has 0 saturated heterocycles. The van der Waals surface area contributed by atoms with E-state index in [4.69, 9.17) is 0 Å². The fraction of sp³-hybridized carbons (Fsp3) is 0.643. The van der Waals surface area contributed by atoms with Gasteiger partial charge in [-0.25, -0.2) is 4.98 Å². The lowest BCUT2D eigenvalue weighted by Gasteiger charge is -2.21. The third-order valence-electron chi connectivity index (χ3n) is 3.24. The van der Waals surface area contributed by atoms with Gasteiger partial charge in [-0.05, 0) is 43.4 Å². The molecule has 2 rings (SSSR count). The fourth-order valence-electron chi connectivity index (χ4n) is 2.14. The van der Waals surface area contributed by atoms with E-state index >= 15 is 0 Å². The third-order valence-corrected chi connectivity index (χ3v) is 3.24. The zero-order chi connectivity index (χ0) is 12.1. The van der Waals surface area contributed by atoms with E-state index in [-0.39, 0.29) is 0 Å². The van der Waals surface area contributed by atoms with Crippen molar-refractivity contribution in [2.24, 2.45) is 5.92 Å². The van der Waals surface area contributed by atoms with Crippen LogP contribution in [0.4, 0.5) is 5.82 Å². The molecule has 1 aliphatic rings. The first-order valence-electron chi connectivity index (χ1n) is 6.67. The Hall–Kier alpha value is -1.09. The van der Waals surface area contributed by atoms with Crippen molar-refractivity contribution in [1.29, 1.82) is 0 Å². The highest BCUT2D eigenvalue weighted by Gasteiger charge is 2.23. The maximum atomic E-state index is 4.37. The fourth-order valence-corrected chi connectivity index (χ4v) is 2.14. The first-order valence-corrected chi connectivity index (χ1v) is 6.67.